The van der Waals surface area contributed by atoms with E-state index < -0.39 is 11.5 Å². The molecule has 4 nitrogen and oxygen atoms in total. The largest absolute Gasteiger partial charge is 0.462 e. The van der Waals surface area contributed by atoms with Gasteiger partial charge in [0.2, 0.25) is 0 Å². The molecule has 0 bridgehead atoms. The Bertz CT molecular complexity index is 175. The number of nitrogens with zero attached hydrogens (tertiary/aromatic N) is 1. The van der Waals surface area contributed by atoms with Crippen LogP contribution in [-0.2, 0) is 9.53 Å². The molecular weight excluding hydrogens is 158 g/mol. The Hall–Kier alpha value is -0.900. The van der Waals surface area contributed by atoms with Crippen molar-refractivity contribution in [3.8, 4) is 0 Å². The number of hydrogen-bond donors (Lipinski definition) is 1. The normalized spacial score (nSPS) is 12.0. The monoisotopic (exact) mass is 173 g/mol. The topological polar surface area (TPSA) is 58.9 Å². The van der Waals surface area contributed by atoms with Crippen molar-refractivity contribution < 1.29 is 14.6 Å². The maximum absolute atomic E-state index is 10.8. The molecule has 0 aliphatic rings. The molecule has 0 aromatic rings. The molecule has 0 saturated carbocycles. The molecule has 0 aliphatic heterocycles. The maximum atomic E-state index is 10.8. The highest BCUT2D eigenvalue weighted by atomic mass is 16.5. The molecule has 0 saturated heterocycles. The third-order valence-electron chi connectivity index (χ3n) is 1.19. The van der Waals surface area contributed by atoms with Crippen LogP contribution in [0.1, 0.15) is 20.8 Å². The van der Waals surface area contributed by atoms with Crippen molar-refractivity contribution in [1.29, 1.82) is 0 Å². The molecule has 70 valence electrons. The summed E-state index contributed by atoms with van der Waals surface area (Å²) in [4.78, 5) is 14.6. The van der Waals surface area contributed by atoms with Crippen LogP contribution in [0.3, 0.4) is 0 Å². The van der Waals surface area contributed by atoms with Crippen LogP contribution in [-0.4, -0.2) is 36.0 Å². The second kappa shape index (κ2) is 4.87. The highest BCUT2D eigenvalue weighted by molar-refractivity contribution is 6.23. The van der Waals surface area contributed by atoms with E-state index in [9.17, 15) is 4.79 Å². The van der Waals surface area contributed by atoms with Crippen LogP contribution in [0, 0.1) is 0 Å². The lowest BCUT2D eigenvalue weighted by atomic mass is 10.1. The molecule has 4 heteroatoms. The summed E-state index contributed by atoms with van der Waals surface area (Å²) in [5, 5.41) is 8.77. The Kier molecular flexibility index (Phi) is 4.51. The van der Waals surface area contributed by atoms with Crippen molar-refractivity contribution in [2.45, 2.75) is 26.3 Å². The highest BCUT2D eigenvalue weighted by Crippen LogP contribution is 2.05. The SMILES string of the molecule is CCOC(=O)C=NC(C)(C)CO. The minimum absolute atomic E-state index is 0.0943. The first-order chi connectivity index (χ1) is 5.52. The number of esters is 1. The summed E-state index contributed by atoms with van der Waals surface area (Å²) < 4.78 is 4.61. The number of ether oxygens (including phenoxy) is 1. The standard InChI is InChI=1S/C8H15NO3/c1-4-12-7(11)5-9-8(2,3)6-10/h5,10H,4,6H2,1-3H3. The molecule has 0 atom stereocenters. The van der Waals surface area contributed by atoms with E-state index >= 15 is 0 Å². The molecule has 0 aromatic heterocycles. The van der Waals surface area contributed by atoms with Crippen LogP contribution in [0.4, 0.5) is 0 Å². The second-order valence-electron chi connectivity index (χ2n) is 2.98. The van der Waals surface area contributed by atoms with E-state index in [1.807, 2.05) is 0 Å². The van der Waals surface area contributed by atoms with Gasteiger partial charge in [0.05, 0.1) is 18.8 Å². The number of aliphatic hydroxyl groups is 1. The van der Waals surface area contributed by atoms with Crippen molar-refractivity contribution >= 4 is 12.2 Å². The minimum atomic E-state index is -0.604. The molecule has 0 amide bonds. The number of aliphatic hydroxyl groups excluding tert-OH is 1. The lowest BCUT2D eigenvalue weighted by Crippen LogP contribution is -2.23. The van der Waals surface area contributed by atoms with Crippen LogP contribution < -0.4 is 0 Å². The molecule has 0 radical (unpaired) electrons. The zero-order valence-corrected chi connectivity index (χ0v) is 7.70. The van der Waals surface area contributed by atoms with Gasteiger partial charge in [-0.05, 0) is 20.8 Å². The summed E-state index contributed by atoms with van der Waals surface area (Å²) in [6.45, 7) is 5.42. The highest BCUT2D eigenvalue weighted by Gasteiger charge is 2.13. The van der Waals surface area contributed by atoms with Crippen LogP contribution in [0.2, 0.25) is 0 Å². The first kappa shape index (κ1) is 11.1. The Morgan fingerprint density at radius 1 is 1.67 bits per heavy atom. The molecule has 0 unspecified atom stereocenters. The van der Waals surface area contributed by atoms with Crippen LogP contribution in [0.15, 0.2) is 4.99 Å². The fraction of sp³-hybridized carbons (Fsp3) is 0.750. The zero-order chi connectivity index (χ0) is 9.61. The van der Waals surface area contributed by atoms with E-state index in [-0.39, 0.29) is 6.61 Å². The van der Waals surface area contributed by atoms with Gasteiger partial charge in [0.15, 0.2) is 0 Å². The van der Waals surface area contributed by atoms with Crippen molar-refractivity contribution in [2.24, 2.45) is 4.99 Å². The van der Waals surface area contributed by atoms with Gasteiger partial charge in [0.25, 0.3) is 0 Å². The second-order valence-corrected chi connectivity index (χ2v) is 2.98. The number of carbonyl (C=O) groups is 1. The van der Waals surface area contributed by atoms with Gasteiger partial charge in [-0.25, -0.2) is 4.79 Å². The molecule has 12 heavy (non-hydrogen) atoms. The predicted molar refractivity (Wildman–Crippen MR) is 46.3 cm³/mol. The van der Waals surface area contributed by atoms with E-state index in [1.54, 1.807) is 20.8 Å². The van der Waals surface area contributed by atoms with Gasteiger partial charge < -0.3 is 9.84 Å². The number of hydrogen-bond acceptors (Lipinski definition) is 4. The van der Waals surface area contributed by atoms with E-state index in [4.69, 9.17) is 5.11 Å². The zero-order valence-electron chi connectivity index (χ0n) is 7.70. The number of rotatable bonds is 4. The fourth-order valence-corrected chi connectivity index (χ4v) is 0.448. The summed E-state index contributed by atoms with van der Waals surface area (Å²) in [5.41, 5.74) is -0.604. The van der Waals surface area contributed by atoms with E-state index in [2.05, 4.69) is 9.73 Å². The van der Waals surface area contributed by atoms with Gasteiger partial charge in [-0.1, -0.05) is 0 Å². The maximum Gasteiger partial charge on any atom is 0.348 e. The van der Waals surface area contributed by atoms with Crippen LogP contribution in [0.25, 0.3) is 0 Å². The lowest BCUT2D eigenvalue weighted by Gasteiger charge is -2.14. The fourth-order valence-electron chi connectivity index (χ4n) is 0.448. The average Bonchev–Trinajstić information content (AvgIpc) is 2.02. The van der Waals surface area contributed by atoms with Gasteiger partial charge >= 0.3 is 5.97 Å². The molecular formula is C8H15NO3. The van der Waals surface area contributed by atoms with Gasteiger partial charge in [-0.3, -0.25) is 4.99 Å². The molecule has 0 aliphatic carbocycles. The molecule has 0 heterocycles. The Labute approximate surface area is 72.3 Å². The predicted octanol–water partition coefficient (Wildman–Crippen LogP) is 0.391. The van der Waals surface area contributed by atoms with E-state index in [0.717, 1.165) is 6.21 Å². The summed E-state index contributed by atoms with van der Waals surface area (Å²) in [7, 11) is 0. The summed E-state index contributed by atoms with van der Waals surface area (Å²) >= 11 is 0. The van der Waals surface area contributed by atoms with Crippen LogP contribution >= 0.6 is 0 Å². The smallest absolute Gasteiger partial charge is 0.348 e. The molecule has 1 N–H and O–H groups in total. The van der Waals surface area contributed by atoms with Crippen molar-refractivity contribution in [1.82, 2.24) is 0 Å². The third-order valence-corrected chi connectivity index (χ3v) is 1.19. The molecule has 0 fully saturated rings. The number of carbonyl (C=O) groups excluding carboxylic acids is 1. The van der Waals surface area contributed by atoms with Crippen molar-refractivity contribution in [3.63, 3.8) is 0 Å². The lowest BCUT2D eigenvalue weighted by molar-refractivity contribution is -0.134. The Morgan fingerprint density at radius 3 is 2.67 bits per heavy atom. The molecule has 0 spiro atoms. The minimum Gasteiger partial charge on any atom is -0.462 e. The summed E-state index contributed by atoms with van der Waals surface area (Å²) in [6, 6.07) is 0. The first-order valence-electron chi connectivity index (χ1n) is 3.84. The third kappa shape index (κ3) is 4.85. The quantitative estimate of drug-likeness (QED) is 0.494. The van der Waals surface area contributed by atoms with Crippen LogP contribution in [0.5, 0.6) is 0 Å². The van der Waals surface area contributed by atoms with Gasteiger partial charge in [-0.15, -0.1) is 0 Å². The van der Waals surface area contributed by atoms with Gasteiger partial charge in [0, 0.05) is 0 Å². The van der Waals surface area contributed by atoms with Crippen molar-refractivity contribution in [2.75, 3.05) is 13.2 Å². The van der Waals surface area contributed by atoms with Gasteiger partial charge in [0.1, 0.15) is 6.21 Å². The van der Waals surface area contributed by atoms with E-state index in [0.29, 0.717) is 6.61 Å². The first-order valence-corrected chi connectivity index (χ1v) is 3.84. The Morgan fingerprint density at radius 2 is 2.25 bits per heavy atom. The Balaban J connectivity index is 3.97. The summed E-state index contributed by atoms with van der Waals surface area (Å²) in [5.74, 6) is -0.473. The number of aliphatic imine (C=N–C) groups is 1. The molecule has 0 rings (SSSR count). The summed E-state index contributed by atoms with van der Waals surface area (Å²) in [6.07, 6.45) is 1.10. The van der Waals surface area contributed by atoms with E-state index in [1.165, 1.54) is 0 Å². The van der Waals surface area contributed by atoms with Gasteiger partial charge in [-0.2, -0.15) is 0 Å². The average molecular weight is 173 g/mol. The molecule has 0 aromatic carbocycles. The van der Waals surface area contributed by atoms with Crippen molar-refractivity contribution in [3.05, 3.63) is 0 Å².